The average Bonchev–Trinajstić information content (AvgIpc) is 2.95. The number of carbonyl (C=O) groups is 2. The van der Waals surface area contributed by atoms with Gasteiger partial charge in [0, 0.05) is 17.3 Å². The predicted molar refractivity (Wildman–Crippen MR) is 120 cm³/mol. The summed E-state index contributed by atoms with van der Waals surface area (Å²) in [6.07, 6.45) is 1.53. The number of anilines is 1. The minimum absolute atomic E-state index is 0.135. The topological polar surface area (TPSA) is 58.6 Å². The molecule has 0 unspecified atom stereocenters. The van der Waals surface area contributed by atoms with E-state index in [0.29, 0.717) is 40.1 Å². The van der Waals surface area contributed by atoms with Crippen molar-refractivity contribution in [1.82, 2.24) is 4.90 Å². The molecule has 0 atom stereocenters. The summed E-state index contributed by atoms with van der Waals surface area (Å²) in [5.41, 5.74) is 2.65. The molecule has 2 amide bonds. The van der Waals surface area contributed by atoms with Crippen LogP contribution in [0.2, 0.25) is 5.02 Å². The number of carbonyl (C=O) groups excluding carboxylic acids is 2. The van der Waals surface area contributed by atoms with E-state index in [9.17, 15) is 9.59 Å². The molecule has 0 fully saturated rings. The number of imide groups is 1. The zero-order valence-electron chi connectivity index (χ0n) is 17.4. The third kappa shape index (κ3) is 4.41. The van der Waals surface area contributed by atoms with Crippen LogP contribution >= 0.6 is 11.6 Å². The summed E-state index contributed by atoms with van der Waals surface area (Å²) in [5.74, 6) is 0.367. The summed E-state index contributed by atoms with van der Waals surface area (Å²) in [6, 6.07) is 12.6. The van der Waals surface area contributed by atoms with Gasteiger partial charge in [-0.3, -0.25) is 14.5 Å². The van der Waals surface area contributed by atoms with Crippen LogP contribution in [0.15, 0.2) is 60.8 Å². The Bertz CT molecular complexity index is 1010. The molecule has 3 rings (SSSR count). The molecule has 0 saturated carbocycles. The van der Waals surface area contributed by atoms with E-state index >= 15 is 0 Å². The van der Waals surface area contributed by atoms with E-state index < -0.39 is 5.91 Å². The molecule has 0 radical (unpaired) electrons. The number of nitrogens with one attached hydrogen (secondary N) is 1. The van der Waals surface area contributed by atoms with Crippen LogP contribution in [0.1, 0.15) is 25.0 Å². The van der Waals surface area contributed by atoms with Crippen molar-refractivity contribution in [1.29, 1.82) is 0 Å². The van der Waals surface area contributed by atoms with Gasteiger partial charge in [-0.2, -0.15) is 0 Å². The Hall–Kier alpha value is -3.05. The van der Waals surface area contributed by atoms with Gasteiger partial charge in [0.05, 0.1) is 12.2 Å². The zero-order chi connectivity index (χ0) is 21.8. The molecule has 1 aliphatic heterocycles. The molecule has 30 heavy (non-hydrogen) atoms. The van der Waals surface area contributed by atoms with Crippen molar-refractivity contribution in [2.24, 2.45) is 5.92 Å². The first kappa shape index (κ1) is 21.7. The molecule has 0 aliphatic carbocycles. The third-order valence-electron chi connectivity index (χ3n) is 4.73. The Balaban J connectivity index is 2.01. The van der Waals surface area contributed by atoms with Crippen LogP contribution < -0.4 is 10.1 Å². The number of rotatable bonds is 8. The second-order valence-corrected chi connectivity index (χ2v) is 7.93. The Morgan fingerprint density at radius 2 is 1.83 bits per heavy atom. The number of hydrogen-bond donors (Lipinski definition) is 1. The first-order valence-corrected chi connectivity index (χ1v) is 10.2. The third-order valence-corrected chi connectivity index (χ3v) is 5.14. The van der Waals surface area contributed by atoms with E-state index in [-0.39, 0.29) is 18.1 Å². The van der Waals surface area contributed by atoms with Crippen molar-refractivity contribution in [3.05, 3.63) is 77.0 Å². The maximum atomic E-state index is 13.1. The summed E-state index contributed by atoms with van der Waals surface area (Å²) in [4.78, 5) is 27.2. The summed E-state index contributed by atoms with van der Waals surface area (Å²) in [7, 11) is 0. The first-order valence-electron chi connectivity index (χ1n) is 9.80. The second kappa shape index (κ2) is 9.18. The largest absolute Gasteiger partial charge is 0.493 e. The Kier molecular flexibility index (Phi) is 6.63. The molecule has 2 aromatic rings. The van der Waals surface area contributed by atoms with E-state index in [4.69, 9.17) is 16.3 Å². The second-order valence-electron chi connectivity index (χ2n) is 7.53. The lowest BCUT2D eigenvalue weighted by Crippen LogP contribution is -2.32. The number of ether oxygens (including phenoxy) is 1. The Labute approximate surface area is 182 Å². The van der Waals surface area contributed by atoms with Crippen LogP contribution in [0.4, 0.5) is 5.69 Å². The Morgan fingerprint density at radius 1 is 1.13 bits per heavy atom. The fraction of sp³-hybridized carbons (Fsp3) is 0.250. The molecule has 0 saturated heterocycles. The average molecular weight is 425 g/mol. The smallest absolute Gasteiger partial charge is 0.278 e. The lowest BCUT2D eigenvalue weighted by molar-refractivity contribution is -0.136. The molecule has 2 aromatic carbocycles. The summed E-state index contributed by atoms with van der Waals surface area (Å²) in [5, 5.41) is 3.72. The molecule has 1 aliphatic rings. The molecule has 156 valence electrons. The molecule has 6 heteroatoms. The van der Waals surface area contributed by atoms with Crippen LogP contribution in [0.3, 0.4) is 0 Å². The van der Waals surface area contributed by atoms with Gasteiger partial charge in [-0.25, -0.2) is 0 Å². The molecular weight excluding hydrogens is 400 g/mol. The minimum Gasteiger partial charge on any atom is -0.493 e. The molecule has 5 nitrogen and oxygen atoms in total. The monoisotopic (exact) mass is 424 g/mol. The van der Waals surface area contributed by atoms with E-state index in [1.165, 1.54) is 11.0 Å². The molecular formula is C24H25ClN2O3. The highest BCUT2D eigenvalue weighted by Crippen LogP contribution is 2.33. The lowest BCUT2D eigenvalue weighted by atomic mass is 10.0. The number of amides is 2. The van der Waals surface area contributed by atoms with Crippen LogP contribution in [-0.2, 0) is 9.59 Å². The standard InChI is InChI=1S/C24H25ClN2O3/c1-5-13-27-23(28)21(17-9-11-18(12-10-17)30-14-15(2)3)22(24(27)29)26-20-8-6-7-19(25)16(20)4/h5-12,15,26H,1,13-14H2,2-4H3. The van der Waals surface area contributed by atoms with Gasteiger partial charge in [-0.1, -0.05) is 49.7 Å². The van der Waals surface area contributed by atoms with Crippen LogP contribution in [0.5, 0.6) is 5.75 Å². The van der Waals surface area contributed by atoms with Crippen molar-refractivity contribution >= 4 is 34.7 Å². The van der Waals surface area contributed by atoms with Gasteiger partial charge in [0.25, 0.3) is 11.8 Å². The maximum Gasteiger partial charge on any atom is 0.278 e. The van der Waals surface area contributed by atoms with Crippen LogP contribution in [0.25, 0.3) is 5.57 Å². The molecule has 0 spiro atoms. The summed E-state index contributed by atoms with van der Waals surface area (Å²) >= 11 is 6.22. The SMILES string of the molecule is C=CCN1C(=O)C(Nc2cccc(Cl)c2C)=C(c2ccc(OCC(C)C)cc2)C1=O. The normalized spacial score (nSPS) is 14.0. The van der Waals surface area contributed by atoms with Crippen molar-refractivity contribution in [3.8, 4) is 5.75 Å². The van der Waals surface area contributed by atoms with E-state index in [1.807, 2.05) is 13.0 Å². The highest BCUT2D eigenvalue weighted by molar-refractivity contribution is 6.36. The van der Waals surface area contributed by atoms with Gasteiger partial charge >= 0.3 is 0 Å². The number of benzene rings is 2. The van der Waals surface area contributed by atoms with Gasteiger partial charge < -0.3 is 10.1 Å². The predicted octanol–water partition coefficient (Wildman–Crippen LogP) is 5.06. The number of halogens is 1. The van der Waals surface area contributed by atoms with Gasteiger partial charge in [0.2, 0.25) is 0 Å². The zero-order valence-corrected chi connectivity index (χ0v) is 18.1. The number of hydrogen-bond acceptors (Lipinski definition) is 4. The van der Waals surface area contributed by atoms with E-state index in [2.05, 4.69) is 25.7 Å². The summed E-state index contributed by atoms with van der Waals surface area (Å²) in [6.45, 7) is 10.4. The van der Waals surface area contributed by atoms with Gasteiger partial charge in [0.15, 0.2) is 0 Å². The molecule has 0 bridgehead atoms. The fourth-order valence-corrected chi connectivity index (χ4v) is 3.29. The van der Waals surface area contributed by atoms with E-state index in [0.717, 1.165) is 5.56 Å². The van der Waals surface area contributed by atoms with Crippen molar-refractivity contribution < 1.29 is 14.3 Å². The van der Waals surface area contributed by atoms with Gasteiger partial charge in [-0.15, -0.1) is 6.58 Å². The first-order chi connectivity index (χ1) is 14.3. The molecule has 1 heterocycles. The molecule has 0 aromatic heterocycles. The summed E-state index contributed by atoms with van der Waals surface area (Å²) < 4.78 is 5.72. The Morgan fingerprint density at radius 3 is 2.47 bits per heavy atom. The van der Waals surface area contributed by atoms with Crippen molar-refractivity contribution in [3.63, 3.8) is 0 Å². The van der Waals surface area contributed by atoms with E-state index in [1.54, 1.807) is 36.4 Å². The van der Waals surface area contributed by atoms with Gasteiger partial charge in [-0.05, 0) is 48.2 Å². The lowest BCUT2D eigenvalue weighted by Gasteiger charge is -2.13. The fourth-order valence-electron chi connectivity index (χ4n) is 3.11. The van der Waals surface area contributed by atoms with Crippen LogP contribution in [0, 0.1) is 12.8 Å². The van der Waals surface area contributed by atoms with Crippen molar-refractivity contribution in [2.45, 2.75) is 20.8 Å². The maximum absolute atomic E-state index is 13.1. The molecule has 1 N–H and O–H groups in total. The quantitative estimate of drug-likeness (QED) is 0.475. The number of nitrogens with zero attached hydrogens (tertiary/aromatic N) is 1. The van der Waals surface area contributed by atoms with Gasteiger partial charge in [0.1, 0.15) is 11.4 Å². The van der Waals surface area contributed by atoms with Crippen LogP contribution in [-0.4, -0.2) is 29.9 Å². The van der Waals surface area contributed by atoms with Crippen molar-refractivity contribution in [2.75, 3.05) is 18.5 Å². The highest BCUT2D eigenvalue weighted by atomic mass is 35.5. The highest BCUT2D eigenvalue weighted by Gasteiger charge is 2.38. The minimum atomic E-state index is -0.394.